The number of hydrogen-bond acceptors (Lipinski definition) is 1. The van der Waals surface area contributed by atoms with Crippen LogP contribution in [-0.2, 0) is 5.54 Å². The summed E-state index contributed by atoms with van der Waals surface area (Å²) < 4.78 is 16.3. The molecule has 1 atom stereocenters. The van der Waals surface area contributed by atoms with E-state index in [1.807, 2.05) is 6.92 Å². The Balaban J connectivity index is 2.35. The smallest absolute Gasteiger partial charge is 0.139 e. The number of hydrogen-bond donors (Lipinski definition) is 0. The van der Waals surface area contributed by atoms with Crippen molar-refractivity contribution in [3.05, 3.63) is 28.2 Å². The number of halogens is 3. The average Bonchev–Trinajstić information content (AvgIpc) is 2.90. The molecule has 1 aromatic heterocycles. The van der Waals surface area contributed by atoms with Gasteiger partial charge in [0.05, 0.1) is 20.9 Å². The van der Waals surface area contributed by atoms with Gasteiger partial charge in [-0.1, -0.05) is 0 Å². The molecule has 2 aromatic rings. The van der Waals surface area contributed by atoms with Crippen molar-refractivity contribution >= 4 is 38.6 Å². The number of alkyl halides is 1. The van der Waals surface area contributed by atoms with Crippen LogP contribution in [0.3, 0.4) is 0 Å². The van der Waals surface area contributed by atoms with Gasteiger partial charge in [0.1, 0.15) is 11.6 Å². The number of aromatic nitrogens is 2. The van der Waals surface area contributed by atoms with E-state index >= 15 is 0 Å². The second kappa shape index (κ2) is 3.94. The molecule has 96 valence electrons. The third-order valence-electron chi connectivity index (χ3n) is 3.59. The summed E-state index contributed by atoms with van der Waals surface area (Å²) in [6.07, 6.45) is 2.18. The quantitative estimate of drug-likeness (QED) is 0.726. The second-order valence-electron chi connectivity index (χ2n) is 5.17. The first-order valence-electron chi connectivity index (χ1n) is 5.94. The minimum absolute atomic E-state index is 0.0491. The van der Waals surface area contributed by atoms with Gasteiger partial charge in [0.15, 0.2) is 0 Å². The molecule has 5 heteroatoms. The molecule has 1 saturated carbocycles. The highest BCUT2D eigenvalue weighted by atomic mass is 79.9. The number of nitrogens with zero attached hydrogens (tertiary/aromatic N) is 2. The topological polar surface area (TPSA) is 17.8 Å². The van der Waals surface area contributed by atoms with E-state index in [1.54, 1.807) is 12.1 Å². The van der Waals surface area contributed by atoms with Gasteiger partial charge < -0.3 is 4.57 Å². The first-order chi connectivity index (χ1) is 8.42. The summed E-state index contributed by atoms with van der Waals surface area (Å²) >= 11 is 9.40. The predicted molar refractivity (Wildman–Crippen MR) is 74.5 cm³/mol. The van der Waals surface area contributed by atoms with Crippen molar-refractivity contribution in [1.29, 1.82) is 0 Å². The zero-order chi connectivity index (χ0) is 13.1. The molecule has 0 saturated heterocycles. The monoisotopic (exact) mass is 330 g/mol. The molecule has 0 N–H and O–H groups in total. The Morgan fingerprint density at radius 2 is 2.17 bits per heavy atom. The van der Waals surface area contributed by atoms with Crippen LogP contribution in [0, 0.1) is 5.82 Å². The third-order valence-corrected chi connectivity index (χ3v) is 4.39. The lowest BCUT2D eigenvalue weighted by atomic mass is 10.2. The Bertz CT molecular complexity index is 631. The van der Waals surface area contributed by atoms with E-state index in [0.29, 0.717) is 4.47 Å². The second-order valence-corrected chi connectivity index (χ2v) is 6.68. The third kappa shape index (κ3) is 1.77. The van der Waals surface area contributed by atoms with Gasteiger partial charge in [0.25, 0.3) is 0 Å². The van der Waals surface area contributed by atoms with Crippen LogP contribution in [0.5, 0.6) is 0 Å². The number of imidazole rings is 1. The minimum atomic E-state index is -0.262. The average molecular weight is 332 g/mol. The Morgan fingerprint density at radius 1 is 1.50 bits per heavy atom. The fourth-order valence-electron chi connectivity index (χ4n) is 2.33. The van der Waals surface area contributed by atoms with E-state index in [4.69, 9.17) is 11.6 Å². The van der Waals surface area contributed by atoms with E-state index in [-0.39, 0.29) is 16.7 Å². The number of rotatable bonds is 2. The molecule has 0 aliphatic heterocycles. The van der Waals surface area contributed by atoms with Crippen molar-refractivity contribution in [2.75, 3.05) is 0 Å². The molecule has 1 unspecified atom stereocenters. The lowest BCUT2D eigenvalue weighted by Gasteiger charge is -2.17. The maximum atomic E-state index is 13.7. The van der Waals surface area contributed by atoms with E-state index in [0.717, 1.165) is 29.7 Å². The van der Waals surface area contributed by atoms with Crippen LogP contribution in [-0.4, -0.2) is 9.55 Å². The molecule has 3 rings (SSSR count). The SMILES string of the molecule is CC(Cl)c1nc2cc(Br)c(F)cc2n1C1(C)CC1. The molecular weight excluding hydrogens is 319 g/mol. The molecule has 0 bridgehead atoms. The van der Waals surface area contributed by atoms with Gasteiger partial charge in [-0.25, -0.2) is 9.37 Å². The molecule has 1 aliphatic rings. The molecule has 0 amide bonds. The minimum Gasteiger partial charge on any atom is -0.321 e. The van der Waals surface area contributed by atoms with Crippen LogP contribution in [0.2, 0.25) is 0 Å². The summed E-state index contributed by atoms with van der Waals surface area (Å²) in [6, 6.07) is 3.26. The van der Waals surface area contributed by atoms with Crippen molar-refractivity contribution in [1.82, 2.24) is 9.55 Å². The normalized spacial score (nSPS) is 19.2. The highest BCUT2D eigenvalue weighted by Gasteiger charge is 2.42. The summed E-state index contributed by atoms with van der Waals surface area (Å²) in [7, 11) is 0. The number of fused-ring (bicyclic) bond motifs is 1. The molecule has 18 heavy (non-hydrogen) atoms. The standard InChI is InChI=1S/C13H13BrClFN2/c1-7(15)12-17-10-5-8(14)9(16)6-11(10)18(12)13(2)3-4-13/h5-7H,3-4H2,1-2H3. The fourth-order valence-corrected chi connectivity index (χ4v) is 2.81. The molecule has 2 nitrogen and oxygen atoms in total. The van der Waals surface area contributed by atoms with Crippen molar-refractivity contribution in [2.24, 2.45) is 0 Å². The van der Waals surface area contributed by atoms with Gasteiger partial charge in [-0.15, -0.1) is 11.6 Å². The zero-order valence-corrected chi connectivity index (χ0v) is 12.5. The Kier molecular flexibility index (Phi) is 2.72. The zero-order valence-electron chi connectivity index (χ0n) is 10.2. The predicted octanol–water partition coefficient (Wildman–Crippen LogP) is 4.75. The summed E-state index contributed by atoms with van der Waals surface area (Å²) in [6.45, 7) is 4.06. The largest absolute Gasteiger partial charge is 0.321 e. The van der Waals surface area contributed by atoms with Crippen molar-refractivity contribution in [3.8, 4) is 0 Å². The molecular formula is C13H13BrClFN2. The van der Waals surface area contributed by atoms with Crippen molar-refractivity contribution in [3.63, 3.8) is 0 Å². The van der Waals surface area contributed by atoms with Crippen LogP contribution in [0.1, 0.15) is 37.9 Å². The van der Waals surface area contributed by atoms with Gasteiger partial charge in [-0.2, -0.15) is 0 Å². The first kappa shape index (κ1) is 12.4. The lowest BCUT2D eigenvalue weighted by molar-refractivity contribution is 0.521. The van der Waals surface area contributed by atoms with Crippen LogP contribution in [0.15, 0.2) is 16.6 Å². The molecule has 1 aliphatic carbocycles. The molecule has 0 spiro atoms. The van der Waals surface area contributed by atoms with E-state index < -0.39 is 0 Å². The molecule has 0 radical (unpaired) electrons. The summed E-state index contributed by atoms with van der Waals surface area (Å²) in [5, 5.41) is -0.184. The molecule has 1 aromatic carbocycles. The van der Waals surface area contributed by atoms with Gasteiger partial charge in [-0.05, 0) is 48.7 Å². The molecule has 1 fully saturated rings. The lowest BCUT2D eigenvalue weighted by Crippen LogP contribution is -2.16. The van der Waals surface area contributed by atoms with E-state index in [9.17, 15) is 4.39 Å². The van der Waals surface area contributed by atoms with E-state index in [1.165, 1.54) is 0 Å². The van der Waals surface area contributed by atoms with Crippen molar-refractivity contribution < 1.29 is 4.39 Å². The summed E-state index contributed by atoms with van der Waals surface area (Å²) in [4.78, 5) is 4.55. The first-order valence-corrected chi connectivity index (χ1v) is 7.17. The molecule has 1 heterocycles. The van der Waals surface area contributed by atoms with Crippen LogP contribution in [0.4, 0.5) is 4.39 Å². The Labute approximate surface area is 118 Å². The van der Waals surface area contributed by atoms with Gasteiger partial charge in [-0.3, -0.25) is 0 Å². The van der Waals surface area contributed by atoms with E-state index in [2.05, 4.69) is 32.4 Å². The summed E-state index contributed by atoms with van der Waals surface area (Å²) in [5.41, 5.74) is 1.67. The Morgan fingerprint density at radius 3 is 2.72 bits per heavy atom. The van der Waals surface area contributed by atoms with Crippen LogP contribution in [0.25, 0.3) is 11.0 Å². The van der Waals surface area contributed by atoms with Gasteiger partial charge in [0.2, 0.25) is 0 Å². The van der Waals surface area contributed by atoms with Crippen molar-refractivity contribution in [2.45, 2.75) is 37.6 Å². The van der Waals surface area contributed by atoms with Gasteiger partial charge >= 0.3 is 0 Å². The maximum absolute atomic E-state index is 13.7. The maximum Gasteiger partial charge on any atom is 0.139 e. The van der Waals surface area contributed by atoms with Crippen LogP contribution >= 0.6 is 27.5 Å². The number of benzene rings is 1. The Hall–Kier alpha value is -0.610. The highest BCUT2D eigenvalue weighted by Crippen LogP contribution is 2.47. The summed E-state index contributed by atoms with van der Waals surface area (Å²) in [5.74, 6) is 0.561. The van der Waals surface area contributed by atoms with Crippen LogP contribution < -0.4 is 0 Å². The highest BCUT2D eigenvalue weighted by molar-refractivity contribution is 9.10. The van der Waals surface area contributed by atoms with Gasteiger partial charge in [0, 0.05) is 11.6 Å². The fraction of sp³-hybridized carbons (Fsp3) is 0.462.